The molecule has 1 fully saturated rings. The van der Waals surface area contributed by atoms with E-state index in [0.29, 0.717) is 5.92 Å². The van der Waals surface area contributed by atoms with Crippen molar-refractivity contribution in [3.05, 3.63) is 0 Å². The zero-order chi connectivity index (χ0) is 16.2. The second kappa shape index (κ2) is 6.91. The van der Waals surface area contributed by atoms with E-state index in [0.717, 1.165) is 19.3 Å². The molecule has 1 rings (SSSR count). The maximum atomic E-state index is 12.1. The Morgan fingerprint density at radius 2 is 1.95 bits per heavy atom. The molecule has 1 aliphatic carbocycles. The van der Waals surface area contributed by atoms with Gasteiger partial charge in [0.15, 0.2) is 0 Å². The number of carboxylic acids is 1. The SMILES string of the molecule is CC(=O)N[C@@H](CC(=O)O)C(=O)OC1CC(C)CC(C)(C)C1. The van der Waals surface area contributed by atoms with Crippen LogP contribution in [0.5, 0.6) is 0 Å². The van der Waals surface area contributed by atoms with Crippen molar-refractivity contribution in [1.82, 2.24) is 5.32 Å². The molecule has 3 atom stereocenters. The second-order valence-corrected chi connectivity index (χ2v) is 6.82. The van der Waals surface area contributed by atoms with Crippen LogP contribution in [-0.2, 0) is 19.1 Å². The van der Waals surface area contributed by atoms with Gasteiger partial charge in [-0.25, -0.2) is 4.79 Å². The molecular weight excluding hydrogens is 274 g/mol. The Hall–Kier alpha value is -1.59. The van der Waals surface area contributed by atoms with Crippen LogP contribution < -0.4 is 5.32 Å². The number of ether oxygens (including phenoxy) is 1. The Morgan fingerprint density at radius 1 is 1.33 bits per heavy atom. The van der Waals surface area contributed by atoms with Crippen molar-refractivity contribution in [1.29, 1.82) is 0 Å². The maximum Gasteiger partial charge on any atom is 0.329 e. The van der Waals surface area contributed by atoms with E-state index in [4.69, 9.17) is 9.84 Å². The number of amides is 1. The van der Waals surface area contributed by atoms with E-state index in [1.807, 2.05) is 0 Å². The van der Waals surface area contributed by atoms with E-state index >= 15 is 0 Å². The van der Waals surface area contributed by atoms with Gasteiger partial charge in [-0.3, -0.25) is 9.59 Å². The van der Waals surface area contributed by atoms with E-state index < -0.39 is 30.3 Å². The van der Waals surface area contributed by atoms with Gasteiger partial charge in [0.05, 0.1) is 6.42 Å². The van der Waals surface area contributed by atoms with Gasteiger partial charge < -0.3 is 15.2 Å². The molecule has 6 heteroatoms. The van der Waals surface area contributed by atoms with Crippen molar-refractivity contribution in [3.8, 4) is 0 Å². The van der Waals surface area contributed by atoms with Gasteiger partial charge in [-0.1, -0.05) is 20.8 Å². The van der Waals surface area contributed by atoms with Crippen LogP contribution in [0.25, 0.3) is 0 Å². The van der Waals surface area contributed by atoms with Gasteiger partial charge in [0.1, 0.15) is 12.1 Å². The van der Waals surface area contributed by atoms with Gasteiger partial charge in [-0.15, -0.1) is 0 Å². The molecule has 2 unspecified atom stereocenters. The number of carboxylic acid groups (broad SMARTS) is 1. The summed E-state index contributed by atoms with van der Waals surface area (Å²) >= 11 is 0. The molecule has 1 aliphatic rings. The number of hydrogen-bond donors (Lipinski definition) is 2. The van der Waals surface area contributed by atoms with Crippen molar-refractivity contribution in [2.24, 2.45) is 11.3 Å². The lowest BCUT2D eigenvalue weighted by atomic mass is 9.71. The summed E-state index contributed by atoms with van der Waals surface area (Å²) in [5.41, 5.74) is 0.0961. The Bertz CT molecular complexity index is 402. The van der Waals surface area contributed by atoms with Gasteiger partial charge in [0.2, 0.25) is 5.91 Å². The summed E-state index contributed by atoms with van der Waals surface area (Å²) in [6.45, 7) is 7.62. The highest BCUT2D eigenvalue weighted by atomic mass is 16.5. The zero-order valence-electron chi connectivity index (χ0n) is 13.1. The molecule has 1 amide bonds. The molecule has 6 nitrogen and oxygen atoms in total. The predicted octanol–water partition coefficient (Wildman–Crippen LogP) is 1.72. The minimum Gasteiger partial charge on any atom is -0.481 e. The fraction of sp³-hybridized carbons (Fsp3) is 0.800. The first-order chi connectivity index (χ1) is 9.59. The van der Waals surface area contributed by atoms with E-state index in [-0.39, 0.29) is 11.5 Å². The summed E-state index contributed by atoms with van der Waals surface area (Å²) in [6, 6.07) is -1.12. The first-order valence-electron chi connectivity index (χ1n) is 7.28. The Kier molecular flexibility index (Phi) is 5.75. The van der Waals surface area contributed by atoms with E-state index in [2.05, 4.69) is 26.1 Å². The summed E-state index contributed by atoms with van der Waals surface area (Å²) in [5.74, 6) is -1.81. The van der Waals surface area contributed by atoms with Gasteiger partial charge in [0.25, 0.3) is 0 Å². The molecule has 0 aliphatic heterocycles. The third-order valence-corrected chi connectivity index (χ3v) is 3.67. The lowest BCUT2D eigenvalue weighted by Crippen LogP contribution is -2.44. The van der Waals surface area contributed by atoms with Gasteiger partial charge >= 0.3 is 11.9 Å². The molecule has 2 N–H and O–H groups in total. The standard InChI is InChI=1S/C15H25NO5/c1-9-5-11(8-15(3,4)7-9)21-14(20)12(6-13(18)19)16-10(2)17/h9,11-12H,5-8H2,1-4H3,(H,16,17)(H,18,19)/t9?,11?,12-/m0/s1. The quantitative estimate of drug-likeness (QED) is 0.754. The molecule has 0 aromatic rings. The molecule has 120 valence electrons. The lowest BCUT2D eigenvalue weighted by Gasteiger charge is -2.38. The molecule has 0 bridgehead atoms. The fourth-order valence-corrected chi connectivity index (χ4v) is 3.21. The van der Waals surface area contributed by atoms with Gasteiger partial charge in [-0.05, 0) is 30.6 Å². The number of esters is 1. The van der Waals surface area contributed by atoms with Crippen molar-refractivity contribution >= 4 is 17.8 Å². The Labute approximate surface area is 125 Å². The summed E-state index contributed by atoms with van der Waals surface area (Å²) in [4.78, 5) is 34.0. The molecule has 1 saturated carbocycles. The van der Waals surface area contributed by atoms with Gasteiger partial charge in [-0.2, -0.15) is 0 Å². The van der Waals surface area contributed by atoms with Crippen molar-refractivity contribution < 1.29 is 24.2 Å². The molecule has 0 radical (unpaired) electrons. The van der Waals surface area contributed by atoms with Crippen LogP contribution in [0, 0.1) is 11.3 Å². The largest absolute Gasteiger partial charge is 0.481 e. The van der Waals surface area contributed by atoms with E-state index in [1.54, 1.807) is 0 Å². The topological polar surface area (TPSA) is 92.7 Å². The van der Waals surface area contributed by atoms with Crippen LogP contribution in [0.4, 0.5) is 0 Å². The summed E-state index contributed by atoms with van der Waals surface area (Å²) in [7, 11) is 0. The lowest BCUT2D eigenvalue weighted by molar-refractivity contribution is -0.159. The second-order valence-electron chi connectivity index (χ2n) is 6.82. The molecule has 0 spiro atoms. The van der Waals surface area contributed by atoms with Gasteiger partial charge in [0, 0.05) is 6.92 Å². The first-order valence-corrected chi connectivity index (χ1v) is 7.28. The smallest absolute Gasteiger partial charge is 0.329 e. The zero-order valence-corrected chi connectivity index (χ0v) is 13.1. The molecule has 21 heavy (non-hydrogen) atoms. The number of carbonyl (C=O) groups is 3. The number of rotatable bonds is 5. The minimum atomic E-state index is -1.15. The Morgan fingerprint density at radius 3 is 2.43 bits per heavy atom. The van der Waals surface area contributed by atoms with Crippen LogP contribution in [0.3, 0.4) is 0 Å². The summed E-state index contributed by atoms with van der Waals surface area (Å²) in [5, 5.41) is 11.2. The monoisotopic (exact) mass is 299 g/mol. The van der Waals surface area contributed by atoms with Crippen molar-refractivity contribution in [2.75, 3.05) is 0 Å². The average molecular weight is 299 g/mol. The van der Waals surface area contributed by atoms with Crippen LogP contribution in [0.2, 0.25) is 0 Å². The van der Waals surface area contributed by atoms with E-state index in [9.17, 15) is 14.4 Å². The first kappa shape index (κ1) is 17.5. The molecule has 0 heterocycles. The number of hydrogen-bond acceptors (Lipinski definition) is 4. The summed E-state index contributed by atoms with van der Waals surface area (Å²) in [6.07, 6.45) is 1.91. The highest BCUT2D eigenvalue weighted by Gasteiger charge is 2.35. The Balaban J connectivity index is 2.67. The number of nitrogens with one attached hydrogen (secondary N) is 1. The maximum absolute atomic E-state index is 12.1. The molecule has 0 aromatic heterocycles. The third kappa shape index (κ3) is 6.14. The third-order valence-electron chi connectivity index (χ3n) is 3.67. The van der Waals surface area contributed by atoms with Crippen molar-refractivity contribution in [2.45, 2.75) is 65.5 Å². The minimum absolute atomic E-state index is 0.0961. The average Bonchev–Trinajstić information content (AvgIpc) is 2.23. The number of carbonyl (C=O) groups excluding carboxylic acids is 2. The highest BCUT2D eigenvalue weighted by Crippen LogP contribution is 2.39. The van der Waals surface area contributed by atoms with Crippen LogP contribution in [0.15, 0.2) is 0 Å². The normalized spacial score (nSPS) is 25.7. The van der Waals surface area contributed by atoms with Crippen LogP contribution in [-0.4, -0.2) is 35.1 Å². The molecule has 0 saturated heterocycles. The fourth-order valence-electron chi connectivity index (χ4n) is 3.21. The van der Waals surface area contributed by atoms with Crippen molar-refractivity contribution in [3.63, 3.8) is 0 Å². The summed E-state index contributed by atoms with van der Waals surface area (Å²) < 4.78 is 5.44. The molecule has 0 aromatic carbocycles. The number of aliphatic carboxylic acids is 1. The van der Waals surface area contributed by atoms with Crippen LogP contribution in [0.1, 0.15) is 53.4 Å². The van der Waals surface area contributed by atoms with Crippen LogP contribution >= 0.6 is 0 Å². The molecular formula is C15H25NO5. The predicted molar refractivity (Wildman–Crippen MR) is 76.5 cm³/mol. The van der Waals surface area contributed by atoms with E-state index in [1.165, 1.54) is 6.92 Å². The highest BCUT2D eigenvalue weighted by molar-refractivity contribution is 5.87.